The Labute approximate surface area is 182 Å². The fraction of sp³-hybridized carbons (Fsp3) is 0.632. The SMILES string of the molecule is CCNC(=NCC1(C)COC1)NC1CCN(c2ccccc2OC(F)F)C1.I. The van der Waals surface area contributed by atoms with E-state index in [2.05, 4.69) is 27.2 Å². The van der Waals surface area contributed by atoms with Gasteiger partial charge in [-0.05, 0) is 25.5 Å². The first-order valence-corrected chi connectivity index (χ1v) is 9.40. The lowest BCUT2D eigenvalue weighted by atomic mass is 9.89. The second-order valence-electron chi connectivity index (χ2n) is 7.42. The predicted molar refractivity (Wildman–Crippen MR) is 117 cm³/mol. The molecule has 0 amide bonds. The Bertz CT molecular complexity index is 659. The Balaban J connectivity index is 0.00000280. The molecule has 1 atom stereocenters. The van der Waals surface area contributed by atoms with Crippen LogP contribution in [0, 0.1) is 5.41 Å². The number of anilines is 1. The number of alkyl halides is 2. The van der Waals surface area contributed by atoms with E-state index in [9.17, 15) is 8.78 Å². The number of ether oxygens (including phenoxy) is 2. The van der Waals surface area contributed by atoms with Crippen molar-refractivity contribution >= 4 is 35.6 Å². The molecule has 0 radical (unpaired) electrons. The van der Waals surface area contributed by atoms with Gasteiger partial charge in [0.05, 0.1) is 25.4 Å². The Hall–Kier alpha value is -1.36. The molecule has 2 aliphatic heterocycles. The maximum Gasteiger partial charge on any atom is 0.387 e. The highest BCUT2D eigenvalue weighted by Gasteiger charge is 2.33. The van der Waals surface area contributed by atoms with E-state index in [0.717, 1.165) is 38.7 Å². The van der Waals surface area contributed by atoms with E-state index in [0.29, 0.717) is 18.8 Å². The lowest BCUT2D eigenvalue weighted by molar-refractivity contribution is -0.0945. The van der Waals surface area contributed by atoms with Crippen LogP contribution in [0.15, 0.2) is 29.3 Å². The third-order valence-corrected chi connectivity index (χ3v) is 4.82. The number of hydrogen-bond acceptors (Lipinski definition) is 4. The zero-order valence-electron chi connectivity index (χ0n) is 16.3. The lowest BCUT2D eigenvalue weighted by Crippen LogP contribution is -2.47. The van der Waals surface area contributed by atoms with Crippen molar-refractivity contribution in [3.05, 3.63) is 24.3 Å². The third kappa shape index (κ3) is 6.07. The van der Waals surface area contributed by atoms with Gasteiger partial charge in [0.15, 0.2) is 5.96 Å². The molecule has 0 bridgehead atoms. The summed E-state index contributed by atoms with van der Waals surface area (Å²) < 4.78 is 35.2. The minimum atomic E-state index is -2.83. The van der Waals surface area contributed by atoms with Gasteiger partial charge in [0.2, 0.25) is 0 Å². The van der Waals surface area contributed by atoms with Crippen LogP contribution in [-0.2, 0) is 4.74 Å². The first-order chi connectivity index (χ1) is 13.0. The average Bonchev–Trinajstić information content (AvgIpc) is 3.06. The summed E-state index contributed by atoms with van der Waals surface area (Å²) in [5.41, 5.74) is 0.818. The molecular weight excluding hydrogens is 481 g/mol. The molecule has 2 aliphatic rings. The molecule has 0 aromatic heterocycles. The number of para-hydroxylation sites is 2. The smallest absolute Gasteiger partial charge is 0.387 e. The standard InChI is InChI=1S/C19H28F2N4O2.HI/c1-3-22-18(23-11-19(2)12-26-13-19)24-14-8-9-25(10-14)15-6-4-5-7-16(15)27-17(20)21;/h4-7,14,17H,3,8-13H2,1-2H3,(H2,22,23,24);1H. The molecule has 0 aliphatic carbocycles. The number of benzene rings is 1. The van der Waals surface area contributed by atoms with Crippen molar-refractivity contribution in [2.24, 2.45) is 10.4 Å². The van der Waals surface area contributed by atoms with Gasteiger partial charge in [0.1, 0.15) is 5.75 Å². The Kier molecular flexibility index (Phi) is 8.54. The van der Waals surface area contributed by atoms with Gasteiger partial charge in [-0.15, -0.1) is 24.0 Å². The van der Waals surface area contributed by atoms with Crippen molar-refractivity contribution in [1.29, 1.82) is 0 Å². The lowest BCUT2D eigenvalue weighted by Gasteiger charge is -2.36. The van der Waals surface area contributed by atoms with Crippen LogP contribution in [0.25, 0.3) is 0 Å². The first kappa shape index (κ1) is 22.9. The van der Waals surface area contributed by atoms with Crippen molar-refractivity contribution in [2.75, 3.05) is 44.3 Å². The highest BCUT2D eigenvalue weighted by molar-refractivity contribution is 14.0. The number of rotatable bonds is 7. The van der Waals surface area contributed by atoms with E-state index in [-0.39, 0.29) is 41.2 Å². The molecule has 3 rings (SSSR count). The van der Waals surface area contributed by atoms with Crippen LogP contribution in [0.1, 0.15) is 20.3 Å². The molecule has 9 heteroatoms. The molecule has 158 valence electrons. The molecule has 2 fully saturated rings. The molecule has 6 nitrogen and oxygen atoms in total. The Morgan fingerprint density at radius 2 is 2.14 bits per heavy atom. The van der Waals surface area contributed by atoms with E-state index in [4.69, 9.17) is 9.73 Å². The van der Waals surface area contributed by atoms with Crippen LogP contribution < -0.4 is 20.3 Å². The molecule has 1 unspecified atom stereocenters. The first-order valence-electron chi connectivity index (χ1n) is 9.40. The van der Waals surface area contributed by atoms with Gasteiger partial charge in [-0.2, -0.15) is 8.78 Å². The minimum Gasteiger partial charge on any atom is -0.433 e. The van der Waals surface area contributed by atoms with Crippen LogP contribution in [0.3, 0.4) is 0 Å². The third-order valence-electron chi connectivity index (χ3n) is 4.82. The molecular formula is C19H29F2IN4O2. The number of guanidine groups is 1. The zero-order chi connectivity index (χ0) is 19.3. The summed E-state index contributed by atoms with van der Waals surface area (Å²) in [6.07, 6.45) is 0.897. The zero-order valence-corrected chi connectivity index (χ0v) is 18.6. The maximum absolute atomic E-state index is 12.6. The number of aliphatic imine (C=N–C) groups is 1. The molecule has 1 aromatic carbocycles. The summed E-state index contributed by atoms with van der Waals surface area (Å²) in [7, 11) is 0. The van der Waals surface area contributed by atoms with E-state index >= 15 is 0 Å². The fourth-order valence-corrected chi connectivity index (χ4v) is 3.34. The van der Waals surface area contributed by atoms with Gasteiger partial charge in [-0.25, -0.2) is 0 Å². The van der Waals surface area contributed by atoms with Gasteiger partial charge < -0.3 is 25.0 Å². The van der Waals surface area contributed by atoms with Crippen LogP contribution in [0.5, 0.6) is 5.75 Å². The molecule has 0 saturated carbocycles. The van der Waals surface area contributed by atoms with Gasteiger partial charge >= 0.3 is 6.61 Å². The van der Waals surface area contributed by atoms with Crippen molar-refractivity contribution in [2.45, 2.75) is 32.9 Å². The number of hydrogen-bond donors (Lipinski definition) is 2. The Morgan fingerprint density at radius 1 is 1.39 bits per heavy atom. The number of halogens is 3. The monoisotopic (exact) mass is 510 g/mol. The fourth-order valence-electron chi connectivity index (χ4n) is 3.34. The molecule has 2 heterocycles. The highest BCUT2D eigenvalue weighted by atomic mass is 127. The van der Waals surface area contributed by atoms with Crippen LogP contribution in [0.2, 0.25) is 0 Å². The van der Waals surface area contributed by atoms with Gasteiger partial charge in [-0.1, -0.05) is 19.1 Å². The summed E-state index contributed by atoms with van der Waals surface area (Å²) in [4.78, 5) is 6.77. The molecule has 2 saturated heterocycles. The van der Waals surface area contributed by atoms with Crippen LogP contribution in [0.4, 0.5) is 14.5 Å². The maximum atomic E-state index is 12.6. The van der Waals surface area contributed by atoms with E-state index in [1.165, 1.54) is 0 Å². The van der Waals surface area contributed by atoms with E-state index in [1.807, 2.05) is 19.1 Å². The molecule has 2 N–H and O–H groups in total. The summed E-state index contributed by atoms with van der Waals surface area (Å²) >= 11 is 0. The highest BCUT2D eigenvalue weighted by Crippen LogP contribution is 2.32. The van der Waals surface area contributed by atoms with Crippen molar-refractivity contribution in [3.8, 4) is 5.75 Å². The number of nitrogens with zero attached hydrogens (tertiary/aromatic N) is 2. The summed E-state index contributed by atoms with van der Waals surface area (Å²) in [5, 5.41) is 6.74. The molecule has 28 heavy (non-hydrogen) atoms. The second-order valence-corrected chi connectivity index (χ2v) is 7.42. The quantitative estimate of drug-likeness (QED) is 0.336. The van der Waals surface area contributed by atoms with Gasteiger partial charge in [-0.3, -0.25) is 4.99 Å². The number of nitrogens with one attached hydrogen (secondary N) is 2. The largest absolute Gasteiger partial charge is 0.433 e. The predicted octanol–water partition coefficient (Wildman–Crippen LogP) is 3.08. The molecule has 1 aromatic rings. The summed E-state index contributed by atoms with van der Waals surface area (Å²) in [6, 6.07) is 7.12. The van der Waals surface area contributed by atoms with E-state index in [1.54, 1.807) is 12.1 Å². The summed E-state index contributed by atoms with van der Waals surface area (Å²) in [6.45, 7) is 5.82. The van der Waals surface area contributed by atoms with Gasteiger partial charge in [0.25, 0.3) is 0 Å². The topological polar surface area (TPSA) is 58.1 Å². The van der Waals surface area contributed by atoms with Gasteiger partial charge in [0, 0.05) is 31.1 Å². The second kappa shape index (κ2) is 10.4. The van der Waals surface area contributed by atoms with Crippen LogP contribution >= 0.6 is 24.0 Å². The van der Waals surface area contributed by atoms with Crippen LogP contribution in [-0.4, -0.2) is 58.0 Å². The van der Waals surface area contributed by atoms with E-state index < -0.39 is 6.61 Å². The van der Waals surface area contributed by atoms with Crippen molar-refractivity contribution < 1.29 is 18.3 Å². The molecule has 0 spiro atoms. The minimum absolute atomic E-state index is 0. The normalized spacial score (nSPS) is 21.1. The summed E-state index contributed by atoms with van der Waals surface area (Å²) in [5.74, 6) is 1.00. The Morgan fingerprint density at radius 3 is 2.79 bits per heavy atom. The van der Waals surface area contributed by atoms with Crippen molar-refractivity contribution in [1.82, 2.24) is 10.6 Å². The van der Waals surface area contributed by atoms with Crippen molar-refractivity contribution in [3.63, 3.8) is 0 Å². The average molecular weight is 510 g/mol.